The molecule has 0 spiro atoms. The van der Waals surface area contributed by atoms with E-state index >= 15 is 0 Å². The largest absolute Gasteiger partial charge is 0.344 e. The lowest BCUT2D eigenvalue weighted by Gasteiger charge is -2.24. The highest BCUT2D eigenvalue weighted by atomic mass is 16.8. The Morgan fingerprint density at radius 2 is 1.32 bits per heavy atom. The van der Waals surface area contributed by atoms with Crippen molar-refractivity contribution in [2.75, 3.05) is 0 Å². The Balaban J connectivity index is 1.86. The molecule has 0 amide bonds. The van der Waals surface area contributed by atoms with E-state index in [9.17, 15) is 4.79 Å². The lowest BCUT2D eigenvalue weighted by Crippen LogP contribution is -2.42. The van der Waals surface area contributed by atoms with Gasteiger partial charge >= 0.3 is 0 Å². The van der Waals surface area contributed by atoms with E-state index in [1.165, 1.54) is 38.5 Å². The molecule has 0 aliphatic carbocycles. The maximum Gasteiger partial charge on any atom is 0.164 e. The monoisotopic (exact) mass is 356 g/mol. The molecule has 0 radical (unpaired) electrons. The Morgan fingerprint density at radius 3 is 1.96 bits per heavy atom. The third-order valence-electron chi connectivity index (χ3n) is 4.94. The normalized spacial score (nSPS) is 33.6. The topological polar surface area (TPSA) is 54.0 Å². The molecule has 0 aromatic rings. The van der Waals surface area contributed by atoms with Crippen LogP contribution in [-0.4, -0.2) is 42.3 Å². The van der Waals surface area contributed by atoms with Crippen molar-refractivity contribution >= 4 is 6.29 Å². The molecule has 0 N–H and O–H groups in total. The molecule has 2 rings (SSSR count). The number of rotatable bonds is 10. The van der Waals surface area contributed by atoms with E-state index in [0.717, 1.165) is 19.1 Å². The van der Waals surface area contributed by atoms with Crippen LogP contribution in [0.4, 0.5) is 0 Å². The van der Waals surface area contributed by atoms with Gasteiger partial charge in [0.25, 0.3) is 0 Å². The second-order valence-corrected chi connectivity index (χ2v) is 8.25. The number of aldehydes is 1. The van der Waals surface area contributed by atoms with Crippen molar-refractivity contribution in [3.63, 3.8) is 0 Å². The van der Waals surface area contributed by atoms with E-state index < -0.39 is 23.8 Å². The first-order chi connectivity index (χ1) is 11.8. The van der Waals surface area contributed by atoms with Gasteiger partial charge < -0.3 is 23.7 Å². The smallest absolute Gasteiger partial charge is 0.164 e. The maximum absolute atomic E-state index is 11.4. The second-order valence-electron chi connectivity index (χ2n) is 8.25. The van der Waals surface area contributed by atoms with Crippen LogP contribution >= 0.6 is 0 Å². The van der Waals surface area contributed by atoms with Gasteiger partial charge in [-0.05, 0) is 34.1 Å². The molecule has 2 heterocycles. The molecule has 2 fully saturated rings. The Morgan fingerprint density at radius 1 is 0.760 bits per heavy atom. The fraction of sp³-hybridized carbons (Fsp3) is 0.950. The third kappa shape index (κ3) is 6.02. The Bertz CT molecular complexity index is 420. The van der Waals surface area contributed by atoms with Crippen LogP contribution < -0.4 is 0 Å². The summed E-state index contributed by atoms with van der Waals surface area (Å²) in [5, 5.41) is 0. The van der Waals surface area contributed by atoms with E-state index in [1.54, 1.807) is 0 Å². The van der Waals surface area contributed by atoms with Crippen LogP contribution in [0.1, 0.15) is 86.0 Å². The van der Waals surface area contributed by atoms with E-state index in [0.29, 0.717) is 0 Å². The summed E-state index contributed by atoms with van der Waals surface area (Å²) in [4.78, 5) is 11.4. The summed E-state index contributed by atoms with van der Waals surface area (Å²) in [6.07, 6.45) is 9.24. The first kappa shape index (κ1) is 20.8. The third-order valence-corrected chi connectivity index (χ3v) is 4.94. The van der Waals surface area contributed by atoms with Gasteiger partial charge in [0.15, 0.2) is 17.9 Å². The zero-order valence-corrected chi connectivity index (χ0v) is 16.6. The first-order valence-corrected chi connectivity index (χ1v) is 9.94. The highest BCUT2D eigenvalue weighted by molar-refractivity contribution is 5.58. The SMILES string of the molecule is CCCCCCCCC[C@@H]1OC(C)(C)O[C@H]1[C@H]1OC(C)(C)O[C@@H]1C=O. The van der Waals surface area contributed by atoms with Crippen molar-refractivity contribution in [3.8, 4) is 0 Å². The molecule has 2 saturated heterocycles. The first-order valence-electron chi connectivity index (χ1n) is 9.94. The van der Waals surface area contributed by atoms with Gasteiger partial charge in [-0.3, -0.25) is 0 Å². The summed E-state index contributed by atoms with van der Waals surface area (Å²) >= 11 is 0. The fourth-order valence-corrected chi connectivity index (χ4v) is 3.84. The molecule has 5 nitrogen and oxygen atoms in total. The van der Waals surface area contributed by atoms with E-state index in [1.807, 2.05) is 27.7 Å². The second kappa shape index (κ2) is 8.94. The Labute approximate surface area is 152 Å². The summed E-state index contributed by atoms with van der Waals surface area (Å²) < 4.78 is 23.9. The molecule has 2 aliphatic heterocycles. The molecule has 5 heteroatoms. The lowest BCUT2D eigenvalue weighted by atomic mass is 9.98. The lowest BCUT2D eigenvalue weighted by molar-refractivity contribution is -0.175. The van der Waals surface area contributed by atoms with Crippen molar-refractivity contribution in [3.05, 3.63) is 0 Å². The van der Waals surface area contributed by atoms with Crippen molar-refractivity contribution in [1.82, 2.24) is 0 Å². The van der Waals surface area contributed by atoms with Gasteiger partial charge in [0.2, 0.25) is 0 Å². The minimum absolute atomic E-state index is 0.0596. The minimum Gasteiger partial charge on any atom is -0.344 e. The molecule has 146 valence electrons. The summed E-state index contributed by atoms with van der Waals surface area (Å²) in [7, 11) is 0. The predicted molar refractivity (Wildman–Crippen MR) is 96.3 cm³/mol. The number of hydrogen-bond donors (Lipinski definition) is 0. The summed E-state index contributed by atoms with van der Waals surface area (Å²) in [6, 6.07) is 0. The quantitative estimate of drug-likeness (QED) is 0.430. The molecular weight excluding hydrogens is 320 g/mol. The average Bonchev–Trinajstić information content (AvgIpc) is 3.01. The number of hydrogen-bond acceptors (Lipinski definition) is 5. The summed E-state index contributed by atoms with van der Waals surface area (Å²) in [5.41, 5.74) is 0. The predicted octanol–water partition coefficient (Wildman–Crippen LogP) is 4.37. The standard InChI is InChI=1S/C20H36O5/c1-6-7-8-9-10-11-12-13-15-17(24-19(2,3)22-15)18-16(14-21)23-20(4,5)25-18/h14-18H,6-13H2,1-5H3/t15-,16+,17+,18-/m0/s1. The van der Waals surface area contributed by atoms with E-state index in [4.69, 9.17) is 18.9 Å². The van der Waals surface area contributed by atoms with Crippen LogP contribution in [0, 0.1) is 0 Å². The highest BCUT2D eigenvalue weighted by Gasteiger charge is 2.53. The molecule has 0 unspecified atom stereocenters. The summed E-state index contributed by atoms with van der Waals surface area (Å²) in [5.74, 6) is -1.42. The van der Waals surface area contributed by atoms with E-state index in [2.05, 4.69) is 6.92 Å². The van der Waals surface area contributed by atoms with Crippen molar-refractivity contribution in [2.24, 2.45) is 0 Å². The van der Waals surface area contributed by atoms with E-state index in [-0.39, 0.29) is 12.2 Å². The summed E-state index contributed by atoms with van der Waals surface area (Å²) in [6.45, 7) is 9.73. The molecule has 0 saturated carbocycles. The van der Waals surface area contributed by atoms with Crippen LogP contribution in [0.3, 0.4) is 0 Å². The van der Waals surface area contributed by atoms with Gasteiger partial charge in [0.05, 0.1) is 6.10 Å². The molecule has 25 heavy (non-hydrogen) atoms. The fourth-order valence-electron chi connectivity index (χ4n) is 3.84. The zero-order chi connectivity index (χ0) is 18.5. The number of carbonyl (C=O) groups is 1. The highest BCUT2D eigenvalue weighted by Crippen LogP contribution is 2.39. The molecule has 0 aromatic heterocycles. The van der Waals surface area contributed by atoms with Gasteiger partial charge in [0.1, 0.15) is 18.3 Å². The van der Waals surface area contributed by atoms with Gasteiger partial charge in [-0.25, -0.2) is 0 Å². The number of carbonyl (C=O) groups excluding carboxylic acids is 1. The van der Waals surface area contributed by atoms with Gasteiger partial charge in [-0.2, -0.15) is 0 Å². The van der Waals surface area contributed by atoms with Crippen LogP contribution in [0.25, 0.3) is 0 Å². The molecule has 0 bridgehead atoms. The van der Waals surface area contributed by atoms with Crippen molar-refractivity contribution in [2.45, 2.75) is 122 Å². The maximum atomic E-state index is 11.4. The Kier molecular flexibility index (Phi) is 7.44. The molecular formula is C20H36O5. The van der Waals surface area contributed by atoms with Crippen molar-refractivity contribution < 1.29 is 23.7 Å². The van der Waals surface area contributed by atoms with Gasteiger partial charge in [0, 0.05) is 0 Å². The number of ether oxygens (including phenoxy) is 4. The minimum atomic E-state index is -0.768. The molecule has 4 atom stereocenters. The van der Waals surface area contributed by atoms with Gasteiger partial charge in [-0.1, -0.05) is 51.9 Å². The Hall–Kier alpha value is -0.490. The van der Waals surface area contributed by atoms with Crippen LogP contribution in [-0.2, 0) is 23.7 Å². The number of unbranched alkanes of at least 4 members (excludes halogenated alkanes) is 6. The molecule has 0 aromatic carbocycles. The van der Waals surface area contributed by atoms with Crippen LogP contribution in [0.15, 0.2) is 0 Å². The van der Waals surface area contributed by atoms with Gasteiger partial charge in [-0.15, -0.1) is 0 Å². The van der Waals surface area contributed by atoms with Crippen molar-refractivity contribution in [1.29, 1.82) is 0 Å². The van der Waals surface area contributed by atoms with Crippen LogP contribution in [0.2, 0.25) is 0 Å². The van der Waals surface area contributed by atoms with Crippen LogP contribution in [0.5, 0.6) is 0 Å². The zero-order valence-electron chi connectivity index (χ0n) is 16.6. The average molecular weight is 357 g/mol. The molecule has 2 aliphatic rings.